The van der Waals surface area contributed by atoms with E-state index in [-0.39, 0.29) is 0 Å². The van der Waals surface area contributed by atoms with Crippen molar-refractivity contribution in [1.29, 1.82) is 0 Å². The number of rotatable bonds is 8. The summed E-state index contributed by atoms with van der Waals surface area (Å²) in [4.78, 5) is 10.1. The molecule has 0 spiro atoms. The van der Waals surface area contributed by atoms with Crippen LogP contribution in [0.5, 0.6) is 0 Å². The molecule has 1 atom stereocenters. The number of hydrogen-bond donors (Lipinski definition) is 1. The highest BCUT2D eigenvalue weighted by atomic mass is 32.3. The first kappa shape index (κ1) is 27.5. The Morgan fingerprint density at radius 3 is 1.14 bits per heavy atom. The number of hydrogen-bond acceptors (Lipinski definition) is 4. The van der Waals surface area contributed by atoms with Crippen LogP contribution < -0.4 is 0 Å². The molecule has 0 aromatic rings. The summed E-state index contributed by atoms with van der Waals surface area (Å²) in [5.74, 6) is -49.6. The molecule has 0 radical (unpaired) electrons. The standard InChI is InChI=1S/C8HF15O5S/c9-1(24)2(10,28-29(25,26)27)3(11,12)4(13,14)5(15,16)6(17,18)7(19,20)8(21,22)23/h(H,25,26,27). The van der Waals surface area contributed by atoms with E-state index in [1.165, 1.54) is 0 Å². The Balaban J connectivity index is 6.89. The molecule has 1 unspecified atom stereocenters. The minimum absolute atomic E-state index is 1.82. The van der Waals surface area contributed by atoms with Crippen molar-refractivity contribution in [3.63, 3.8) is 0 Å². The van der Waals surface area contributed by atoms with Crippen molar-refractivity contribution in [2.24, 2.45) is 0 Å². The molecular formula is C8HF15O5S. The lowest BCUT2D eigenvalue weighted by Crippen LogP contribution is -2.74. The summed E-state index contributed by atoms with van der Waals surface area (Å²) in [6.45, 7) is 0. The smallest absolute Gasteiger partial charge is 0.263 e. The molecule has 0 amide bonds. The maximum Gasteiger partial charge on any atom is 0.460 e. The molecule has 0 saturated carbocycles. The summed E-state index contributed by atoms with van der Waals surface area (Å²) in [5.41, 5.74) is 0. The van der Waals surface area contributed by atoms with Gasteiger partial charge in [0.2, 0.25) is 0 Å². The molecule has 1 N–H and O–H groups in total. The van der Waals surface area contributed by atoms with Crippen molar-refractivity contribution in [2.75, 3.05) is 0 Å². The van der Waals surface area contributed by atoms with E-state index in [1.807, 2.05) is 4.18 Å². The van der Waals surface area contributed by atoms with Crippen molar-refractivity contribution in [3.8, 4) is 0 Å². The quantitative estimate of drug-likeness (QED) is 0.317. The molecule has 0 aromatic carbocycles. The number of alkyl halides is 14. The van der Waals surface area contributed by atoms with E-state index in [1.54, 1.807) is 0 Å². The number of halogens is 15. The highest BCUT2D eigenvalue weighted by Gasteiger charge is 2.94. The molecule has 0 bridgehead atoms. The third-order valence-electron chi connectivity index (χ3n) is 2.81. The summed E-state index contributed by atoms with van der Waals surface area (Å²) >= 11 is 0. The van der Waals surface area contributed by atoms with Gasteiger partial charge in [0, 0.05) is 0 Å². The normalized spacial score (nSPS) is 17.8. The molecule has 0 aliphatic heterocycles. The largest absolute Gasteiger partial charge is 0.460 e. The number of carbonyl (C=O) groups is 1. The monoisotopic (exact) mass is 494 g/mol. The lowest BCUT2D eigenvalue weighted by atomic mass is 9.91. The van der Waals surface area contributed by atoms with Crippen molar-refractivity contribution < 1.29 is 87.8 Å². The molecule has 0 rings (SSSR count). The van der Waals surface area contributed by atoms with Gasteiger partial charge in [0.25, 0.3) is 0 Å². The molecule has 0 aromatic heterocycles. The van der Waals surface area contributed by atoms with Crippen LogP contribution in [0.15, 0.2) is 0 Å². The first-order valence-corrected chi connectivity index (χ1v) is 7.04. The van der Waals surface area contributed by atoms with E-state index in [4.69, 9.17) is 4.55 Å². The van der Waals surface area contributed by atoms with Gasteiger partial charge in [-0.15, -0.1) is 0 Å². The third-order valence-corrected chi connectivity index (χ3v) is 3.25. The second-order valence-electron chi connectivity index (χ2n) is 4.75. The fourth-order valence-electron chi connectivity index (χ4n) is 1.33. The molecule has 0 saturated heterocycles. The molecule has 174 valence electrons. The van der Waals surface area contributed by atoms with Crippen LogP contribution in [-0.4, -0.2) is 60.7 Å². The highest BCUT2D eigenvalue weighted by molar-refractivity contribution is 7.81. The molecular weight excluding hydrogens is 493 g/mol. The summed E-state index contributed by atoms with van der Waals surface area (Å²) in [5, 5.41) is 0. The minimum Gasteiger partial charge on any atom is -0.263 e. The van der Waals surface area contributed by atoms with Gasteiger partial charge in [-0.1, -0.05) is 0 Å². The second-order valence-corrected chi connectivity index (χ2v) is 5.77. The van der Waals surface area contributed by atoms with E-state index in [0.717, 1.165) is 0 Å². The fraction of sp³-hybridized carbons (Fsp3) is 0.875. The van der Waals surface area contributed by atoms with Crippen LogP contribution in [0.3, 0.4) is 0 Å². The second kappa shape index (κ2) is 6.75. The van der Waals surface area contributed by atoms with Crippen LogP contribution in [0.2, 0.25) is 0 Å². The zero-order chi connectivity index (χ0) is 24.3. The van der Waals surface area contributed by atoms with E-state index in [9.17, 15) is 79.1 Å². The number of carbonyl (C=O) groups excluding carboxylic acids is 1. The van der Waals surface area contributed by atoms with Gasteiger partial charge < -0.3 is 0 Å². The lowest BCUT2D eigenvalue weighted by Gasteiger charge is -2.41. The van der Waals surface area contributed by atoms with Crippen LogP contribution in [-0.2, 0) is 19.4 Å². The average Bonchev–Trinajstić information content (AvgIpc) is 2.42. The van der Waals surface area contributed by atoms with Gasteiger partial charge in [-0.2, -0.15) is 78.5 Å². The summed E-state index contributed by atoms with van der Waals surface area (Å²) in [7, 11) is -7.01. The highest BCUT2D eigenvalue weighted by Crippen LogP contribution is 2.62. The molecule has 0 aliphatic carbocycles. The summed E-state index contributed by atoms with van der Waals surface area (Å²) < 4.78 is 221. The van der Waals surface area contributed by atoms with Crippen molar-refractivity contribution in [1.82, 2.24) is 0 Å². The van der Waals surface area contributed by atoms with Crippen molar-refractivity contribution in [3.05, 3.63) is 0 Å². The van der Waals surface area contributed by atoms with Crippen LogP contribution in [0.1, 0.15) is 0 Å². The maximum atomic E-state index is 13.4. The van der Waals surface area contributed by atoms with Crippen LogP contribution >= 0.6 is 0 Å². The predicted octanol–water partition coefficient (Wildman–Crippen LogP) is 3.71. The molecule has 29 heavy (non-hydrogen) atoms. The SMILES string of the molecule is O=C(F)C(F)(OS(=O)(=O)O)C(F)(F)C(F)(F)C(F)(F)C(F)(F)C(F)(F)C(F)(F)F. The van der Waals surface area contributed by atoms with Crippen molar-refractivity contribution >= 4 is 16.4 Å². The molecule has 21 heteroatoms. The maximum absolute atomic E-state index is 13.4. The van der Waals surface area contributed by atoms with E-state index in [2.05, 4.69) is 0 Å². The third kappa shape index (κ3) is 3.82. The Kier molecular flexibility index (Phi) is 6.40. The Bertz CT molecular complexity index is 755. The minimum atomic E-state index is -8.67. The average molecular weight is 494 g/mol. The van der Waals surface area contributed by atoms with Gasteiger partial charge >= 0.3 is 58.1 Å². The topological polar surface area (TPSA) is 80.7 Å². The van der Waals surface area contributed by atoms with Crippen molar-refractivity contribution in [2.45, 2.75) is 41.6 Å². The zero-order valence-corrected chi connectivity index (χ0v) is 13.0. The van der Waals surface area contributed by atoms with E-state index in [0.29, 0.717) is 0 Å². The molecule has 5 nitrogen and oxygen atoms in total. The van der Waals surface area contributed by atoms with Gasteiger partial charge in [-0.05, 0) is 0 Å². The first-order valence-electron chi connectivity index (χ1n) is 5.68. The van der Waals surface area contributed by atoms with Gasteiger partial charge in [0.15, 0.2) is 0 Å². The Labute approximate surface area is 147 Å². The van der Waals surface area contributed by atoms with Gasteiger partial charge in [0.1, 0.15) is 0 Å². The van der Waals surface area contributed by atoms with E-state index < -0.39 is 58.1 Å². The first-order chi connectivity index (χ1) is 12.2. The predicted molar refractivity (Wildman–Crippen MR) is 53.4 cm³/mol. The Morgan fingerprint density at radius 1 is 0.621 bits per heavy atom. The van der Waals surface area contributed by atoms with E-state index >= 15 is 0 Å². The van der Waals surface area contributed by atoms with Crippen LogP contribution in [0.25, 0.3) is 0 Å². The van der Waals surface area contributed by atoms with Crippen LogP contribution in [0, 0.1) is 0 Å². The lowest BCUT2D eigenvalue weighted by molar-refractivity contribution is -0.451. The summed E-state index contributed by atoms with van der Waals surface area (Å²) in [6.07, 6.45) is -7.81. The Hall–Kier alpha value is -1.51. The fourth-order valence-corrected chi connectivity index (χ4v) is 1.79. The molecule has 0 heterocycles. The zero-order valence-electron chi connectivity index (χ0n) is 12.2. The molecule has 0 aliphatic rings. The van der Waals surface area contributed by atoms with Gasteiger partial charge in [0.05, 0.1) is 0 Å². The van der Waals surface area contributed by atoms with Gasteiger partial charge in [-0.3, -0.25) is 9.35 Å². The summed E-state index contributed by atoms with van der Waals surface area (Å²) in [6, 6.07) is -4.83. The molecule has 0 fully saturated rings. The van der Waals surface area contributed by atoms with Gasteiger partial charge in [-0.25, -0.2) is 0 Å². The Morgan fingerprint density at radius 2 is 0.897 bits per heavy atom. The van der Waals surface area contributed by atoms with Crippen LogP contribution in [0.4, 0.5) is 65.9 Å².